The summed E-state index contributed by atoms with van der Waals surface area (Å²) in [6.45, 7) is 4.62. The highest BCUT2D eigenvalue weighted by atomic mass is 16.5. The Bertz CT molecular complexity index is 625. The topological polar surface area (TPSA) is 75.2 Å². The van der Waals surface area contributed by atoms with Gasteiger partial charge in [-0.1, -0.05) is 19.1 Å². The molecule has 1 heterocycles. The molecule has 1 aliphatic heterocycles. The Morgan fingerprint density at radius 1 is 1.32 bits per heavy atom. The molecular formula is C21H34N4O3. The summed E-state index contributed by atoms with van der Waals surface area (Å²) in [6, 6.07) is 8.18. The van der Waals surface area contributed by atoms with Gasteiger partial charge < -0.3 is 25.0 Å². The lowest BCUT2D eigenvalue weighted by Crippen LogP contribution is -2.42. The van der Waals surface area contributed by atoms with Gasteiger partial charge in [-0.25, -0.2) is 4.99 Å². The van der Waals surface area contributed by atoms with Crippen molar-refractivity contribution >= 4 is 11.9 Å². The number of hydrogen-bond donors (Lipinski definition) is 2. The monoisotopic (exact) mass is 390 g/mol. The zero-order valence-corrected chi connectivity index (χ0v) is 17.5. The van der Waals surface area contributed by atoms with Gasteiger partial charge >= 0.3 is 0 Å². The van der Waals surface area contributed by atoms with Crippen LogP contribution in [-0.4, -0.2) is 70.3 Å². The number of rotatable bonds is 9. The zero-order chi connectivity index (χ0) is 20.4. The molecule has 0 spiro atoms. The maximum absolute atomic E-state index is 11.9. The number of amides is 1. The second kappa shape index (κ2) is 11.5. The summed E-state index contributed by atoms with van der Waals surface area (Å²) < 4.78 is 10.9. The van der Waals surface area contributed by atoms with Crippen LogP contribution in [-0.2, 0) is 9.53 Å². The first-order valence-electron chi connectivity index (χ1n) is 9.97. The minimum Gasteiger partial charge on any atom is -0.497 e. The molecule has 1 amide bonds. The van der Waals surface area contributed by atoms with E-state index in [0.29, 0.717) is 18.4 Å². The third kappa shape index (κ3) is 7.38. The molecule has 1 aliphatic rings. The highest BCUT2D eigenvalue weighted by Gasteiger charge is 2.16. The molecule has 0 aliphatic carbocycles. The number of likely N-dealkylation sites (N-methyl/N-ethyl adjacent to an activating group) is 1. The number of guanidine groups is 1. The predicted molar refractivity (Wildman–Crippen MR) is 112 cm³/mol. The van der Waals surface area contributed by atoms with Crippen LogP contribution in [0.4, 0.5) is 0 Å². The average Bonchev–Trinajstić information content (AvgIpc) is 3.22. The van der Waals surface area contributed by atoms with E-state index in [-0.39, 0.29) is 18.6 Å². The standard InChI is InChI=1S/C21H34N4O3/c1-16(17-7-9-18(27-4)10-8-17)11-12-22-21(24-15-20(26)25(2)3)23-14-19-6-5-13-28-19/h7-10,16,19H,5-6,11-15H2,1-4H3,(H2,22,23,24). The van der Waals surface area contributed by atoms with Crippen molar-refractivity contribution < 1.29 is 14.3 Å². The molecule has 1 fully saturated rings. The fourth-order valence-electron chi connectivity index (χ4n) is 2.98. The lowest BCUT2D eigenvalue weighted by Gasteiger charge is -2.18. The number of nitrogens with zero attached hydrogens (tertiary/aromatic N) is 2. The molecule has 7 heteroatoms. The van der Waals surface area contributed by atoms with Gasteiger partial charge in [0, 0.05) is 33.8 Å². The number of methoxy groups -OCH3 is 1. The summed E-state index contributed by atoms with van der Waals surface area (Å²) in [5, 5.41) is 6.66. The van der Waals surface area contributed by atoms with Gasteiger partial charge in [0.25, 0.3) is 0 Å². The maximum atomic E-state index is 11.9. The van der Waals surface area contributed by atoms with Crippen LogP contribution in [0, 0.1) is 0 Å². The van der Waals surface area contributed by atoms with Crippen molar-refractivity contribution in [3.63, 3.8) is 0 Å². The summed E-state index contributed by atoms with van der Waals surface area (Å²) in [5.41, 5.74) is 1.27. The lowest BCUT2D eigenvalue weighted by atomic mass is 9.98. The highest BCUT2D eigenvalue weighted by molar-refractivity contribution is 5.84. The Kier molecular flexibility index (Phi) is 9.07. The highest BCUT2D eigenvalue weighted by Crippen LogP contribution is 2.21. The van der Waals surface area contributed by atoms with Crippen molar-refractivity contribution in [1.29, 1.82) is 0 Å². The van der Waals surface area contributed by atoms with E-state index < -0.39 is 0 Å². The normalized spacial score (nSPS) is 17.9. The van der Waals surface area contributed by atoms with Crippen molar-refractivity contribution in [3.05, 3.63) is 29.8 Å². The van der Waals surface area contributed by atoms with E-state index in [0.717, 1.165) is 38.2 Å². The van der Waals surface area contributed by atoms with Crippen molar-refractivity contribution in [2.45, 2.75) is 38.2 Å². The Hall–Kier alpha value is -2.28. The van der Waals surface area contributed by atoms with Crippen LogP contribution in [0.5, 0.6) is 5.75 Å². The molecule has 0 bridgehead atoms. The molecule has 1 saturated heterocycles. The van der Waals surface area contributed by atoms with Crippen LogP contribution >= 0.6 is 0 Å². The second-order valence-electron chi connectivity index (χ2n) is 7.36. The van der Waals surface area contributed by atoms with Gasteiger partial charge in [-0.2, -0.15) is 0 Å². The Morgan fingerprint density at radius 3 is 2.68 bits per heavy atom. The van der Waals surface area contributed by atoms with Crippen LogP contribution in [0.3, 0.4) is 0 Å². The molecule has 7 nitrogen and oxygen atoms in total. The van der Waals surface area contributed by atoms with Crippen LogP contribution in [0.15, 0.2) is 29.3 Å². The molecule has 0 aromatic heterocycles. The summed E-state index contributed by atoms with van der Waals surface area (Å²) in [5.74, 6) is 1.91. The predicted octanol–water partition coefficient (Wildman–Crippen LogP) is 1.99. The third-order valence-corrected chi connectivity index (χ3v) is 4.95. The van der Waals surface area contributed by atoms with Gasteiger partial charge in [-0.15, -0.1) is 0 Å². The average molecular weight is 391 g/mol. The molecule has 156 valence electrons. The molecule has 28 heavy (non-hydrogen) atoms. The molecule has 0 saturated carbocycles. The molecular weight excluding hydrogens is 356 g/mol. The van der Waals surface area contributed by atoms with Gasteiger partial charge in [0.05, 0.1) is 13.2 Å². The Labute approximate surface area is 168 Å². The second-order valence-corrected chi connectivity index (χ2v) is 7.36. The smallest absolute Gasteiger partial charge is 0.243 e. The number of benzene rings is 1. The van der Waals surface area contributed by atoms with E-state index in [9.17, 15) is 4.79 Å². The Balaban J connectivity index is 1.84. The van der Waals surface area contributed by atoms with E-state index in [2.05, 4.69) is 34.7 Å². The van der Waals surface area contributed by atoms with Gasteiger partial charge in [-0.05, 0) is 42.9 Å². The SMILES string of the molecule is COc1ccc(C(C)CCNC(=NCC(=O)N(C)C)NCC2CCCO2)cc1. The van der Waals surface area contributed by atoms with E-state index in [1.165, 1.54) is 5.56 Å². The first-order valence-corrected chi connectivity index (χ1v) is 9.97. The largest absolute Gasteiger partial charge is 0.497 e. The molecule has 2 rings (SSSR count). The zero-order valence-electron chi connectivity index (χ0n) is 17.5. The van der Waals surface area contributed by atoms with Crippen LogP contribution in [0.2, 0.25) is 0 Å². The minimum atomic E-state index is -0.0233. The minimum absolute atomic E-state index is 0.0233. The van der Waals surface area contributed by atoms with E-state index >= 15 is 0 Å². The summed E-state index contributed by atoms with van der Waals surface area (Å²) in [7, 11) is 5.15. The number of ether oxygens (including phenoxy) is 2. The molecule has 1 aromatic rings. The van der Waals surface area contributed by atoms with E-state index in [1.807, 2.05) is 12.1 Å². The molecule has 1 aromatic carbocycles. The maximum Gasteiger partial charge on any atom is 0.243 e. The molecule has 2 unspecified atom stereocenters. The van der Waals surface area contributed by atoms with Crippen molar-refractivity contribution in [3.8, 4) is 5.75 Å². The fraction of sp³-hybridized carbons (Fsp3) is 0.619. The summed E-state index contributed by atoms with van der Waals surface area (Å²) in [6.07, 6.45) is 3.33. The van der Waals surface area contributed by atoms with Gasteiger partial charge in [-0.3, -0.25) is 4.79 Å². The number of carbonyl (C=O) groups excluding carboxylic acids is 1. The van der Waals surface area contributed by atoms with Crippen LogP contribution in [0.25, 0.3) is 0 Å². The van der Waals surface area contributed by atoms with Crippen LogP contribution < -0.4 is 15.4 Å². The number of aliphatic imine (C=N–C) groups is 1. The summed E-state index contributed by atoms with van der Waals surface area (Å²) >= 11 is 0. The van der Waals surface area contributed by atoms with E-state index in [1.54, 1.807) is 26.1 Å². The fourth-order valence-corrected chi connectivity index (χ4v) is 2.98. The summed E-state index contributed by atoms with van der Waals surface area (Å²) in [4.78, 5) is 17.8. The van der Waals surface area contributed by atoms with Crippen molar-refractivity contribution in [1.82, 2.24) is 15.5 Å². The third-order valence-electron chi connectivity index (χ3n) is 4.95. The molecule has 2 atom stereocenters. The lowest BCUT2D eigenvalue weighted by molar-refractivity contribution is -0.127. The van der Waals surface area contributed by atoms with E-state index in [4.69, 9.17) is 9.47 Å². The first-order chi connectivity index (χ1) is 13.5. The molecule has 0 radical (unpaired) electrons. The van der Waals surface area contributed by atoms with Gasteiger partial charge in [0.2, 0.25) is 5.91 Å². The quantitative estimate of drug-likeness (QED) is 0.498. The first kappa shape index (κ1) is 22.0. The van der Waals surface area contributed by atoms with Crippen molar-refractivity contribution in [2.75, 3.05) is 47.4 Å². The molecule has 2 N–H and O–H groups in total. The number of hydrogen-bond acceptors (Lipinski definition) is 4. The van der Waals surface area contributed by atoms with Crippen LogP contribution in [0.1, 0.15) is 37.7 Å². The van der Waals surface area contributed by atoms with Crippen molar-refractivity contribution in [2.24, 2.45) is 4.99 Å². The van der Waals surface area contributed by atoms with Gasteiger partial charge in [0.15, 0.2) is 5.96 Å². The number of nitrogens with one attached hydrogen (secondary N) is 2. The number of carbonyl (C=O) groups is 1. The van der Waals surface area contributed by atoms with Gasteiger partial charge in [0.1, 0.15) is 12.3 Å². The Morgan fingerprint density at radius 2 is 2.07 bits per heavy atom.